The van der Waals surface area contributed by atoms with Crippen LogP contribution in [0, 0.1) is 5.82 Å². The molecule has 6 heteroatoms. The zero-order valence-electron chi connectivity index (χ0n) is 16.3. The summed E-state index contributed by atoms with van der Waals surface area (Å²) in [5.41, 5.74) is 2.99. The van der Waals surface area contributed by atoms with Crippen LogP contribution in [-0.2, 0) is 11.4 Å². The van der Waals surface area contributed by atoms with E-state index in [9.17, 15) is 9.18 Å². The quantitative estimate of drug-likeness (QED) is 0.431. The summed E-state index contributed by atoms with van der Waals surface area (Å²) in [4.78, 5) is 16.2. The van der Waals surface area contributed by atoms with Crippen molar-refractivity contribution in [3.05, 3.63) is 102 Å². The average Bonchev–Trinajstić information content (AvgIpc) is 2.98. The summed E-state index contributed by atoms with van der Waals surface area (Å²) in [5.74, 6) is 0.257. The predicted molar refractivity (Wildman–Crippen MR) is 119 cm³/mol. The molecule has 3 aromatic carbocycles. The molecule has 0 unspecified atom stereocenters. The van der Waals surface area contributed by atoms with E-state index in [2.05, 4.69) is 0 Å². The highest BCUT2D eigenvalue weighted by molar-refractivity contribution is 7.80. The maximum atomic E-state index is 13.0. The predicted octanol–water partition coefficient (Wildman–Crippen LogP) is 5.01. The lowest BCUT2D eigenvalue weighted by Crippen LogP contribution is -2.30. The molecule has 30 heavy (non-hydrogen) atoms. The first kappa shape index (κ1) is 19.8. The molecular weight excluding hydrogens is 399 g/mol. The fourth-order valence-electron chi connectivity index (χ4n) is 3.13. The van der Waals surface area contributed by atoms with E-state index in [1.54, 1.807) is 30.2 Å². The number of halogens is 1. The van der Waals surface area contributed by atoms with Gasteiger partial charge in [0.25, 0.3) is 5.91 Å². The monoisotopic (exact) mass is 418 g/mol. The van der Waals surface area contributed by atoms with Crippen LogP contribution < -0.4 is 9.64 Å². The number of para-hydroxylation sites is 1. The number of anilines is 1. The van der Waals surface area contributed by atoms with Gasteiger partial charge < -0.3 is 9.64 Å². The van der Waals surface area contributed by atoms with Crippen molar-refractivity contribution in [2.45, 2.75) is 6.61 Å². The Bertz CT molecular complexity index is 1100. The highest BCUT2D eigenvalue weighted by atomic mass is 32.1. The van der Waals surface area contributed by atoms with Gasteiger partial charge in [-0.1, -0.05) is 42.5 Å². The zero-order chi connectivity index (χ0) is 21.1. The van der Waals surface area contributed by atoms with Crippen LogP contribution >= 0.6 is 12.2 Å². The number of benzene rings is 3. The van der Waals surface area contributed by atoms with Crippen LogP contribution in [0.1, 0.15) is 11.1 Å². The van der Waals surface area contributed by atoms with Gasteiger partial charge in [-0.15, -0.1) is 0 Å². The number of carbonyl (C=O) groups is 1. The van der Waals surface area contributed by atoms with Crippen molar-refractivity contribution in [1.82, 2.24) is 4.90 Å². The molecule has 1 heterocycles. The van der Waals surface area contributed by atoms with Gasteiger partial charge in [0.2, 0.25) is 0 Å². The lowest BCUT2D eigenvalue weighted by molar-refractivity contribution is -0.114. The SMILES string of the molecule is CN1C(=S)N(c2ccccc2)C(=O)/C1=C/c1ccc(OCc2ccc(F)cc2)cc1. The lowest BCUT2D eigenvalue weighted by Gasteiger charge is -2.16. The Hall–Kier alpha value is -3.51. The van der Waals surface area contributed by atoms with E-state index in [1.165, 1.54) is 17.0 Å². The van der Waals surface area contributed by atoms with Crippen molar-refractivity contribution < 1.29 is 13.9 Å². The van der Waals surface area contributed by atoms with Crippen LogP contribution in [0.3, 0.4) is 0 Å². The second kappa shape index (κ2) is 8.47. The summed E-state index contributed by atoms with van der Waals surface area (Å²) in [6.45, 7) is 0.349. The molecule has 1 fully saturated rings. The molecule has 0 aromatic heterocycles. The van der Waals surface area contributed by atoms with Crippen molar-refractivity contribution in [1.29, 1.82) is 0 Å². The molecule has 1 aliphatic rings. The number of rotatable bonds is 5. The number of ether oxygens (including phenoxy) is 1. The molecule has 4 rings (SSSR count). The summed E-state index contributed by atoms with van der Waals surface area (Å²) in [6.07, 6.45) is 1.81. The lowest BCUT2D eigenvalue weighted by atomic mass is 10.1. The third-order valence-electron chi connectivity index (χ3n) is 4.78. The minimum Gasteiger partial charge on any atom is -0.489 e. The number of carbonyl (C=O) groups excluding carboxylic acids is 1. The summed E-state index contributed by atoms with van der Waals surface area (Å²) in [7, 11) is 1.79. The minimum atomic E-state index is -0.270. The number of amides is 1. The Morgan fingerprint density at radius 1 is 0.967 bits per heavy atom. The van der Waals surface area contributed by atoms with Gasteiger partial charge in [0.15, 0.2) is 5.11 Å². The number of nitrogens with zero attached hydrogens (tertiary/aromatic N) is 2. The normalized spacial score (nSPS) is 15.2. The van der Waals surface area contributed by atoms with Gasteiger partial charge in [-0.3, -0.25) is 9.69 Å². The first-order valence-electron chi connectivity index (χ1n) is 9.39. The van der Waals surface area contributed by atoms with Crippen LogP contribution in [0.5, 0.6) is 5.75 Å². The summed E-state index contributed by atoms with van der Waals surface area (Å²) >= 11 is 5.47. The van der Waals surface area contributed by atoms with E-state index >= 15 is 0 Å². The molecule has 0 bridgehead atoms. The van der Waals surface area contributed by atoms with Gasteiger partial charge in [-0.2, -0.15) is 0 Å². The molecular formula is C24H19FN2O2S. The summed E-state index contributed by atoms with van der Waals surface area (Å²) in [6, 6.07) is 23.0. The second-order valence-electron chi connectivity index (χ2n) is 6.83. The van der Waals surface area contributed by atoms with E-state index in [4.69, 9.17) is 17.0 Å². The second-order valence-corrected chi connectivity index (χ2v) is 7.20. The standard InChI is InChI=1S/C24H19FN2O2S/c1-26-22(23(28)27(24(26)30)20-5-3-2-4-6-20)15-17-9-13-21(14-10-17)29-16-18-7-11-19(25)12-8-18/h2-15H,16H2,1H3/b22-15-. The highest BCUT2D eigenvalue weighted by Gasteiger charge is 2.36. The van der Waals surface area contributed by atoms with E-state index in [0.717, 1.165) is 16.8 Å². The molecule has 4 nitrogen and oxygen atoms in total. The first-order chi connectivity index (χ1) is 14.5. The van der Waals surface area contributed by atoms with Gasteiger partial charge in [-0.05, 0) is 65.8 Å². The van der Waals surface area contributed by atoms with E-state index in [-0.39, 0.29) is 11.7 Å². The third kappa shape index (κ3) is 4.09. The van der Waals surface area contributed by atoms with Gasteiger partial charge in [-0.25, -0.2) is 4.39 Å². The number of likely N-dealkylation sites (N-methyl/N-ethyl adjacent to an activating group) is 1. The first-order valence-corrected chi connectivity index (χ1v) is 9.80. The molecule has 150 valence electrons. The molecule has 1 aliphatic heterocycles. The Balaban J connectivity index is 1.48. The van der Waals surface area contributed by atoms with Crippen molar-refractivity contribution in [2.75, 3.05) is 11.9 Å². The molecule has 0 aliphatic carbocycles. The van der Waals surface area contributed by atoms with Crippen LogP contribution in [0.4, 0.5) is 10.1 Å². The van der Waals surface area contributed by atoms with Crippen LogP contribution in [0.25, 0.3) is 6.08 Å². The Morgan fingerprint density at radius 3 is 2.30 bits per heavy atom. The molecule has 1 saturated heterocycles. The summed E-state index contributed by atoms with van der Waals surface area (Å²) in [5, 5.41) is 0.441. The van der Waals surface area contributed by atoms with Crippen LogP contribution in [-0.4, -0.2) is 23.0 Å². The third-order valence-corrected chi connectivity index (χ3v) is 5.23. The molecule has 3 aromatic rings. The fraction of sp³-hybridized carbons (Fsp3) is 0.0833. The maximum absolute atomic E-state index is 13.0. The molecule has 0 N–H and O–H groups in total. The molecule has 0 spiro atoms. The van der Waals surface area contributed by atoms with E-state index in [0.29, 0.717) is 23.2 Å². The largest absolute Gasteiger partial charge is 0.489 e. The van der Waals surface area contributed by atoms with Gasteiger partial charge in [0.05, 0.1) is 5.69 Å². The van der Waals surface area contributed by atoms with Crippen molar-refractivity contribution >= 4 is 35.0 Å². The molecule has 0 atom stereocenters. The Labute approximate surface area is 179 Å². The smallest absolute Gasteiger partial charge is 0.281 e. The van der Waals surface area contributed by atoms with Crippen LogP contribution in [0.2, 0.25) is 0 Å². The number of hydrogen-bond acceptors (Lipinski definition) is 3. The van der Waals surface area contributed by atoms with E-state index < -0.39 is 0 Å². The highest BCUT2D eigenvalue weighted by Crippen LogP contribution is 2.28. The molecule has 0 radical (unpaired) electrons. The summed E-state index contributed by atoms with van der Waals surface area (Å²) < 4.78 is 18.7. The minimum absolute atomic E-state index is 0.162. The van der Waals surface area contributed by atoms with Crippen molar-refractivity contribution in [2.24, 2.45) is 0 Å². The van der Waals surface area contributed by atoms with Gasteiger partial charge >= 0.3 is 0 Å². The fourth-order valence-corrected chi connectivity index (χ4v) is 3.41. The van der Waals surface area contributed by atoms with Gasteiger partial charge in [0, 0.05) is 7.05 Å². The van der Waals surface area contributed by atoms with Crippen LogP contribution in [0.15, 0.2) is 84.6 Å². The zero-order valence-corrected chi connectivity index (χ0v) is 17.1. The van der Waals surface area contributed by atoms with E-state index in [1.807, 2.05) is 54.6 Å². The average molecular weight is 418 g/mol. The number of thiocarbonyl (C=S) groups is 1. The Kier molecular flexibility index (Phi) is 5.59. The van der Waals surface area contributed by atoms with Crippen molar-refractivity contribution in [3.8, 4) is 5.75 Å². The molecule has 0 saturated carbocycles. The maximum Gasteiger partial charge on any atom is 0.281 e. The Morgan fingerprint density at radius 2 is 1.63 bits per heavy atom. The van der Waals surface area contributed by atoms with Gasteiger partial charge in [0.1, 0.15) is 23.9 Å². The van der Waals surface area contributed by atoms with Crippen molar-refractivity contribution in [3.63, 3.8) is 0 Å². The number of hydrogen-bond donors (Lipinski definition) is 0. The topological polar surface area (TPSA) is 32.8 Å². The molecule has 1 amide bonds.